The molecule has 18 heavy (non-hydrogen) atoms. The van der Waals surface area contributed by atoms with Gasteiger partial charge in [-0.25, -0.2) is 0 Å². The van der Waals surface area contributed by atoms with Gasteiger partial charge in [0, 0.05) is 5.69 Å². The van der Waals surface area contributed by atoms with Crippen molar-refractivity contribution in [2.24, 2.45) is 0 Å². The number of benzene rings is 1. The number of hydrogen-bond donors (Lipinski definition) is 2. The highest BCUT2D eigenvalue weighted by atomic mass is 16.5. The number of methoxy groups -OCH3 is 1. The summed E-state index contributed by atoms with van der Waals surface area (Å²) >= 11 is 0. The standard InChI is InChI=1S/C13H16N2O3/c1-3-12(16)15-9-14-11-6-4-10(5-7-11)8-13(17)18-2/h3-7,14H,1,8-9H2,2H3,(H,15,16). The minimum atomic E-state index is -0.269. The van der Waals surface area contributed by atoms with Crippen LogP contribution in [0, 0.1) is 0 Å². The first-order valence-electron chi connectivity index (χ1n) is 5.45. The van der Waals surface area contributed by atoms with Crippen LogP contribution in [-0.2, 0) is 20.7 Å². The molecular weight excluding hydrogens is 232 g/mol. The summed E-state index contributed by atoms with van der Waals surface area (Å²) in [6, 6.07) is 7.32. The van der Waals surface area contributed by atoms with E-state index in [2.05, 4.69) is 21.9 Å². The summed E-state index contributed by atoms with van der Waals surface area (Å²) in [5.74, 6) is -0.501. The van der Waals surface area contributed by atoms with Crippen LogP contribution in [0.15, 0.2) is 36.9 Å². The van der Waals surface area contributed by atoms with Crippen molar-refractivity contribution in [3.05, 3.63) is 42.5 Å². The maximum Gasteiger partial charge on any atom is 0.309 e. The van der Waals surface area contributed by atoms with Crippen LogP contribution in [0.3, 0.4) is 0 Å². The fourth-order valence-corrected chi connectivity index (χ4v) is 1.28. The van der Waals surface area contributed by atoms with Crippen LogP contribution in [0.25, 0.3) is 0 Å². The molecule has 1 amide bonds. The highest BCUT2D eigenvalue weighted by Crippen LogP contribution is 2.09. The summed E-state index contributed by atoms with van der Waals surface area (Å²) in [6.45, 7) is 3.67. The Morgan fingerprint density at radius 2 is 2.00 bits per heavy atom. The summed E-state index contributed by atoms with van der Waals surface area (Å²) < 4.78 is 4.58. The Kier molecular flexibility index (Phi) is 5.44. The van der Waals surface area contributed by atoms with Gasteiger partial charge < -0.3 is 15.4 Å². The van der Waals surface area contributed by atoms with E-state index >= 15 is 0 Å². The van der Waals surface area contributed by atoms with Gasteiger partial charge in [-0.2, -0.15) is 0 Å². The molecule has 0 aliphatic heterocycles. The van der Waals surface area contributed by atoms with Gasteiger partial charge in [0.15, 0.2) is 0 Å². The molecular formula is C13H16N2O3. The Balaban J connectivity index is 2.42. The molecule has 0 atom stereocenters. The number of nitrogens with one attached hydrogen (secondary N) is 2. The Bertz CT molecular complexity index is 426. The molecule has 0 aliphatic rings. The molecule has 5 nitrogen and oxygen atoms in total. The lowest BCUT2D eigenvalue weighted by atomic mass is 10.1. The molecule has 0 unspecified atom stereocenters. The number of rotatable bonds is 6. The Morgan fingerprint density at radius 3 is 2.56 bits per heavy atom. The largest absolute Gasteiger partial charge is 0.469 e. The fraction of sp³-hybridized carbons (Fsp3) is 0.231. The molecule has 0 saturated carbocycles. The maximum atomic E-state index is 11.1. The second kappa shape index (κ2) is 7.11. The van der Waals surface area contributed by atoms with Crippen molar-refractivity contribution in [2.45, 2.75) is 6.42 Å². The van der Waals surface area contributed by atoms with E-state index in [0.717, 1.165) is 11.3 Å². The van der Waals surface area contributed by atoms with Gasteiger partial charge in [0.1, 0.15) is 0 Å². The molecule has 2 N–H and O–H groups in total. The topological polar surface area (TPSA) is 67.4 Å². The predicted octanol–water partition coefficient (Wildman–Crippen LogP) is 1.07. The van der Waals surface area contributed by atoms with Crippen LogP contribution < -0.4 is 10.6 Å². The van der Waals surface area contributed by atoms with E-state index in [9.17, 15) is 9.59 Å². The Morgan fingerprint density at radius 1 is 1.33 bits per heavy atom. The highest BCUT2D eigenvalue weighted by Gasteiger charge is 2.02. The van der Waals surface area contributed by atoms with Gasteiger partial charge in [0.25, 0.3) is 0 Å². The highest BCUT2D eigenvalue weighted by molar-refractivity contribution is 5.86. The fourth-order valence-electron chi connectivity index (χ4n) is 1.28. The van der Waals surface area contributed by atoms with E-state index < -0.39 is 0 Å². The third-order valence-electron chi connectivity index (χ3n) is 2.27. The average Bonchev–Trinajstić information content (AvgIpc) is 2.40. The van der Waals surface area contributed by atoms with Crippen LogP contribution in [0.2, 0.25) is 0 Å². The normalized spacial score (nSPS) is 9.39. The van der Waals surface area contributed by atoms with Crippen LogP contribution in [-0.4, -0.2) is 25.7 Å². The zero-order chi connectivity index (χ0) is 13.4. The van der Waals surface area contributed by atoms with Crippen molar-refractivity contribution < 1.29 is 14.3 Å². The Hall–Kier alpha value is -2.30. The molecule has 1 aromatic carbocycles. The molecule has 0 spiro atoms. The van der Waals surface area contributed by atoms with Crippen LogP contribution in [0.4, 0.5) is 5.69 Å². The monoisotopic (exact) mass is 248 g/mol. The SMILES string of the molecule is C=CC(=O)NCNc1ccc(CC(=O)OC)cc1. The van der Waals surface area contributed by atoms with Crippen molar-refractivity contribution >= 4 is 17.6 Å². The Labute approximate surface area is 106 Å². The third kappa shape index (κ3) is 4.69. The zero-order valence-electron chi connectivity index (χ0n) is 10.2. The number of anilines is 1. The molecule has 1 aromatic rings. The number of ether oxygens (including phenoxy) is 1. The molecule has 1 rings (SSSR count). The molecule has 0 aliphatic carbocycles. The summed E-state index contributed by atoms with van der Waals surface area (Å²) in [5, 5.41) is 5.60. The molecule has 0 fully saturated rings. The maximum absolute atomic E-state index is 11.1. The van der Waals surface area contributed by atoms with Crippen LogP contribution in [0.1, 0.15) is 5.56 Å². The van der Waals surface area contributed by atoms with Gasteiger partial charge >= 0.3 is 5.97 Å². The predicted molar refractivity (Wildman–Crippen MR) is 69.0 cm³/mol. The lowest BCUT2D eigenvalue weighted by molar-refractivity contribution is -0.139. The van der Waals surface area contributed by atoms with Crippen LogP contribution >= 0.6 is 0 Å². The minimum absolute atomic E-state index is 0.232. The van der Waals surface area contributed by atoms with Gasteiger partial charge in [-0.1, -0.05) is 18.7 Å². The number of hydrogen-bond acceptors (Lipinski definition) is 4. The van der Waals surface area contributed by atoms with Gasteiger partial charge in [-0.3, -0.25) is 9.59 Å². The third-order valence-corrected chi connectivity index (χ3v) is 2.27. The summed E-state index contributed by atoms with van der Waals surface area (Å²) in [4.78, 5) is 21.9. The average molecular weight is 248 g/mol. The van der Waals surface area contributed by atoms with Crippen molar-refractivity contribution in [3.8, 4) is 0 Å². The van der Waals surface area contributed by atoms with Gasteiger partial charge in [-0.05, 0) is 23.8 Å². The number of carbonyl (C=O) groups is 2. The summed E-state index contributed by atoms with van der Waals surface area (Å²) in [5.41, 5.74) is 1.73. The van der Waals surface area contributed by atoms with E-state index in [0.29, 0.717) is 6.67 Å². The molecule has 0 radical (unpaired) electrons. The van der Waals surface area contributed by atoms with Gasteiger partial charge in [-0.15, -0.1) is 0 Å². The zero-order valence-corrected chi connectivity index (χ0v) is 10.2. The summed E-state index contributed by atoms with van der Waals surface area (Å²) in [6.07, 6.45) is 1.46. The van der Waals surface area contributed by atoms with Crippen molar-refractivity contribution in [1.29, 1.82) is 0 Å². The van der Waals surface area contributed by atoms with Crippen molar-refractivity contribution in [1.82, 2.24) is 5.32 Å². The van der Waals surface area contributed by atoms with E-state index in [-0.39, 0.29) is 18.3 Å². The van der Waals surface area contributed by atoms with Crippen molar-refractivity contribution in [2.75, 3.05) is 19.1 Å². The smallest absolute Gasteiger partial charge is 0.309 e. The molecule has 96 valence electrons. The first-order valence-corrected chi connectivity index (χ1v) is 5.45. The molecule has 5 heteroatoms. The molecule has 0 heterocycles. The van der Waals surface area contributed by atoms with Gasteiger partial charge in [0.05, 0.1) is 20.2 Å². The second-order valence-corrected chi connectivity index (χ2v) is 3.55. The first-order chi connectivity index (χ1) is 8.65. The van der Waals surface area contributed by atoms with E-state index in [1.807, 2.05) is 24.3 Å². The number of esters is 1. The number of amides is 1. The van der Waals surface area contributed by atoms with E-state index in [1.165, 1.54) is 13.2 Å². The minimum Gasteiger partial charge on any atom is -0.469 e. The van der Waals surface area contributed by atoms with Crippen LogP contribution in [0.5, 0.6) is 0 Å². The molecule has 0 aromatic heterocycles. The summed E-state index contributed by atoms with van der Waals surface area (Å²) in [7, 11) is 1.36. The van der Waals surface area contributed by atoms with E-state index in [4.69, 9.17) is 0 Å². The molecule has 0 saturated heterocycles. The van der Waals surface area contributed by atoms with E-state index in [1.54, 1.807) is 0 Å². The van der Waals surface area contributed by atoms with Crippen molar-refractivity contribution in [3.63, 3.8) is 0 Å². The van der Waals surface area contributed by atoms with Gasteiger partial charge in [0.2, 0.25) is 5.91 Å². The lowest BCUT2D eigenvalue weighted by Gasteiger charge is -2.07. The first kappa shape index (κ1) is 13.8. The second-order valence-electron chi connectivity index (χ2n) is 3.55. The number of carbonyl (C=O) groups excluding carboxylic acids is 2. The quantitative estimate of drug-likeness (QED) is 0.449. The molecule has 0 bridgehead atoms. The lowest BCUT2D eigenvalue weighted by Crippen LogP contribution is -2.27.